The monoisotopic (exact) mass is 327 g/mol. The molecule has 2 aromatic rings. The van der Waals surface area contributed by atoms with Gasteiger partial charge >= 0.3 is 5.97 Å². The number of anilines is 2. The smallest absolute Gasteiger partial charge is 0.337 e. The number of carbonyl (C=O) groups excluding carboxylic acids is 2. The summed E-state index contributed by atoms with van der Waals surface area (Å²) in [6, 6.07) is 10.4. The number of amides is 1. The summed E-state index contributed by atoms with van der Waals surface area (Å²) in [6.07, 6.45) is 1.62. The van der Waals surface area contributed by atoms with E-state index < -0.39 is 0 Å². The molecule has 0 fully saturated rings. The second kappa shape index (κ2) is 8.10. The van der Waals surface area contributed by atoms with Gasteiger partial charge in [-0.15, -0.1) is 0 Å². The van der Waals surface area contributed by atoms with Crippen LogP contribution < -0.4 is 5.32 Å². The lowest BCUT2D eigenvalue weighted by atomic mass is 10.2. The van der Waals surface area contributed by atoms with Crippen molar-refractivity contribution in [1.82, 2.24) is 9.88 Å². The lowest BCUT2D eigenvalue weighted by Gasteiger charge is -2.18. The molecular weight excluding hydrogens is 306 g/mol. The Bertz CT molecular complexity index is 692. The van der Waals surface area contributed by atoms with Crippen LogP contribution in [0.2, 0.25) is 0 Å². The van der Waals surface area contributed by atoms with Gasteiger partial charge in [0.1, 0.15) is 5.69 Å². The van der Waals surface area contributed by atoms with Gasteiger partial charge in [0.2, 0.25) is 0 Å². The molecule has 0 unspecified atom stereocenters. The Hall–Kier alpha value is -2.89. The highest BCUT2D eigenvalue weighted by molar-refractivity contribution is 5.92. The van der Waals surface area contributed by atoms with Gasteiger partial charge in [0.05, 0.1) is 24.6 Å². The number of aromatic nitrogens is 1. The van der Waals surface area contributed by atoms with Crippen molar-refractivity contribution in [2.45, 2.75) is 13.8 Å². The van der Waals surface area contributed by atoms with Gasteiger partial charge in [-0.1, -0.05) is 0 Å². The van der Waals surface area contributed by atoms with Crippen molar-refractivity contribution >= 4 is 23.3 Å². The van der Waals surface area contributed by atoms with E-state index in [9.17, 15) is 9.59 Å². The predicted molar refractivity (Wildman–Crippen MR) is 92.6 cm³/mol. The largest absolute Gasteiger partial charge is 0.465 e. The Labute approximate surface area is 141 Å². The quantitative estimate of drug-likeness (QED) is 0.826. The fourth-order valence-electron chi connectivity index (χ4n) is 2.24. The Morgan fingerprint density at radius 2 is 1.67 bits per heavy atom. The lowest BCUT2D eigenvalue weighted by Crippen LogP contribution is -2.31. The minimum atomic E-state index is -0.373. The molecule has 0 aliphatic carbocycles. The second-order valence-corrected chi connectivity index (χ2v) is 5.10. The van der Waals surface area contributed by atoms with E-state index in [1.54, 1.807) is 47.5 Å². The molecule has 126 valence electrons. The molecule has 0 atom stereocenters. The fourth-order valence-corrected chi connectivity index (χ4v) is 2.24. The van der Waals surface area contributed by atoms with E-state index in [0.29, 0.717) is 24.3 Å². The van der Waals surface area contributed by atoms with Crippen LogP contribution in [0.4, 0.5) is 11.4 Å². The summed E-state index contributed by atoms with van der Waals surface area (Å²) in [5, 5.41) is 3.17. The molecule has 1 heterocycles. The molecule has 0 aliphatic rings. The summed E-state index contributed by atoms with van der Waals surface area (Å²) < 4.78 is 4.66. The van der Waals surface area contributed by atoms with E-state index in [4.69, 9.17) is 0 Å². The third-order valence-electron chi connectivity index (χ3n) is 3.63. The zero-order valence-corrected chi connectivity index (χ0v) is 14.1. The molecule has 0 spiro atoms. The number of hydrogen-bond acceptors (Lipinski definition) is 5. The number of carbonyl (C=O) groups is 2. The first-order valence-electron chi connectivity index (χ1n) is 7.79. The van der Waals surface area contributed by atoms with Crippen LogP contribution in [0.15, 0.2) is 42.6 Å². The normalized spacial score (nSPS) is 10.1. The minimum absolute atomic E-state index is 0.0750. The molecule has 1 N–H and O–H groups in total. The average molecular weight is 327 g/mol. The van der Waals surface area contributed by atoms with Crippen molar-refractivity contribution in [3.63, 3.8) is 0 Å². The van der Waals surface area contributed by atoms with Crippen LogP contribution in [0.5, 0.6) is 0 Å². The van der Waals surface area contributed by atoms with E-state index >= 15 is 0 Å². The van der Waals surface area contributed by atoms with E-state index in [1.165, 1.54) is 7.11 Å². The number of nitrogens with zero attached hydrogens (tertiary/aromatic N) is 2. The van der Waals surface area contributed by atoms with E-state index in [0.717, 1.165) is 11.4 Å². The van der Waals surface area contributed by atoms with Gasteiger partial charge in [-0.2, -0.15) is 0 Å². The molecule has 6 nitrogen and oxygen atoms in total. The molecule has 0 aliphatic heterocycles. The molecule has 2 rings (SSSR count). The Morgan fingerprint density at radius 1 is 1.04 bits per heavy atom. The van der Waals surface area contributed by atoms with Crippen molar-refractivity contribution in [3.8, 4) is 0 Å². The van der Waals surface area contributed by atoms with Crippen LogP contribution in [0.3, 0.4) is 0 Å². The fraction of sp³-hybridized carbons (Fsp3) is 0.278. The van der Waals surface area contributed by atoms with Gasteiger partial charge in [0.15, 0.2) is 0 Å². The first-order valence-corrected chi connectivity index (χ1v) is 7.79. The molecule has 0 saturated heterocycles. The molecule has 0 saturated carbocycles. The van der Waals surface area contributed by atoms with Crippen LogP contribution >= 0.6 is 0 Å². The van der Waals surface area contributed by atoms with Crippen LogP contribution in [0.25, 0.3) is 0 Å². The Balaban J connectivity index is 2.06. The predicted octanol–water partition coefficient (Wildman–Crippen LogP) is 3.09. The van der Waals surface area contributed by atoms with Crippen molar-refractivity contribution in [2.24, 2.45) is 0 Å². The molecule has 1 aromatic carbocycles. The lowest BCUT2D eigenvalue weighted by molar-refractivity contribution is 0.0600. The van der Waals surface area contributed by atoms with Gasteiger partial charge in [0, 0.05) is 18.8 Å². The number of methoxy groups -OCH3 is 1. The van der Waals surface area contributed by atoms with Gasteiger partial charge in [-0.25, -0.2) is 9.78 Å². The second-order valence-electron chi connectivity index (χ2n) is 5.10. The topological polar surface area (TPSA) is 71.5 Å². The van der Waals surface area contributed by atoms with E-state index in [2.05, 4.69) is 15.0 Å². The van der Waals surface area contributed by atoms with Gasteiger partial charge in [-0.3, -0.25) is 4.79 Å². The molecular formula is C18H21N3O3. The van der Waals surface area contributed by atoms with Gasteiger partial charge in [-0.05, 0) is 50.2 Å². The van der Waals surface area contributed by atoms with Crippen molar-refractivity contribution in [1.29, 1.82) is 0 Å². The summed E-state index contributed by atoms with van der Waals surface area (Å²) in [5.74, 6) is -0.448. The first-order chi connectivity index (χ1) is 11.6. The average Bonchev–Trinajstić information content (AvgIpc) is 2.63. The summed E-state index contributed by atoms with van der Waals surface area (Å²) >= 11 is 0. The highest BCUT2D eigenvalue weighted by Crippen LogP contribution is 2.17. The minimum Gasteiger partial charge on any atom is -0.465 e. The third-order valence-corrected chi connectivity index (χ3v) is 3.63. The molecule has 6 heteroatoms. The molecule has 24 heavy (non-hydrogen) atoms. The summed E-state index contributed by atoms with van der Waals surface area (Å²) in [6.45, 7) is 5.19. The first kappa shape index (κ1) is 17.5. The summed E-state index contributed by atoms with van der Waals surface area (Å²) in [5.41, 5.74) is 2.48. The summed E-state index contributed by atoms with van der Waals surface area (Å²) in [7, 11) is 1.35. The Morgan fingerprint density at radius 3 is 2.17 bits per heavy atom. The number of pyridine rings is 1. The molecule has 0 radical (unpaired) electrons. The summed E-state index contributed by atoms with van der Waals surface area (Å²) in [4.78, 5) is 29.6. The molecule has 1 aromatic heterocycles. The maximum atomic E-state index is 12.2. The number of benzene rings is 1. The molecule has 0 bridgehead atoms. The van der Waals surface area contributed by atoms with E-state index in [-0.39, 0.29) is 11.9 Å². The van der Waals surface area contributed by atoms with Crippen molar-refractivity contribution in [2.75, 3.05) is 25.5 Å². The standard InChI is InChI=1S/C18H21N3O3/c1-4-21(5-2)17(22)16-11-10-15(12-19-16)20-14-8-6-13(7-9-14)18(23)24-3/h6-12,20H,4-5H2,1-3H3. The third kappa shape index (κ3) is 4.10. The Kier molecular flexibility index (Phi) is 5.89. The molecule has 1 amide bonds. The zero-order chi connectivity index (χ0) is 17.5. The van der Waals surface area contributed by atoms with Crippen LogP contribution in [0, 0.1) is 0 Å². The van der Waals surface area contributed by atoms with Gasteiger partial charge in [0.25, 0.3) is 5.91 Å². The highest BCUT2D eigenvalue weighted by Gasteiger charge is 2.13. The zero-order valence-electron chi connectivity index (χ0n) is 14.1. The highest BCUT2D eigenvalue weighted by atomic mass is 16.5. The number of ether oxygens (including phenoxy) is 1. The van der Waals surface area contributed by atoms with Crippen molar-refractivity contribution in [3.05, 3.63) is 53.9 Å². The SMILES string of the molecule is CCN(CC)C(=O)c1ccc(Nc2ccc(C(=O)OC)cc2)cn1. The van der Waals surface area contributed by atoms with Crippen molar-refractivity contribution < 1.29 is 14.3 Å². The number of esters is 1. The van der Waals surface area contributed by atoms with Crippen LogP contribution in [0.1, 0.15) is 34.7 Å². The number of nitrogens with one attached hydrogen (secondary N) is 1. The number of rotatable bonds is 6. The van der Waals surface area contributed by atoms with E-state index in [1.807, 2.05) is 13.8 Å². The van der Waals surface area contributed by atoms with Crippen LogP contribution in [-0.2, 0) is 4.74 Å². The maximum Gasteiger partial charge on any atom is 0.337 e. The van der Waals surface area contributed by atoms with Crippen LogP contribution in [-0.4, -0.2) is 42.0 Å². The number of hydrogen-bond donors (Lipinski definition) is 1. The van der Waals surface area contributed by atoms with Gasteiger partial charge < -0.3 is 15.0 Å². The maximum absolute atomic E-state index is 12.2.